The average Bonchev–Trinajstić information content (AvgIpc) is 2.68. The molecular weight excluding hydrogens is 358 g/mol. The molecule has 2 aromatic heterocycles. The van der Waals surface area contributed by atoms with Crippen LogP contribution in [-0.2, 0) is 4.74 Å². The van der Waals surface area contributed by atoms with Crippen LogP contribution >= 0.6 is 0 Å². The Morgan fingerprint density at radius 3 is 2.64 bits per heavy atom. The number of aromatic nitrogens is 3. The van der Waals surface area contributed by atoms with E-state index in [0.717, 1.165) is 36.7 Å². The highest BCUT2D eigenvalue weighted by Crippen LogP contribution is 2.28. The molecular formula is C19H28N7O2-. The predicted octanol–water partition coefficient (Wildman–Crippen LogP) is 2.98. The third-order valence-corrected chi connectivity index (χ3v) is 4.62. The molecule has 0 aliphatic carbocycles. The van der Waals surface area contributed by atoms with Gasteiger partial charge in [-0.3, -0.25) is 0 Å². The first-order valence-electron chi connectivity index (χ1n) is 9.51. The fourth-order valence-electron chi connectivity index (χ4n) is 3.19. The number of ether oxygens (including phenoxy) is 1. The number of nitrogens with one attached hydrogen (secondary N) is 2. The van der Waals surface area contributed by atoms with E-state index in [1.165, 1.54) is 7.05 Å². The number of nitrogens with zero attached hydrogens (tertiary/aromatic N) is 5. The zero-order valence-electron chi connectivity index (χ0n) is 16.8. The van der Waals surface area contributed by atoms with Gasteiger partial charge in [-0.2, -0.15) is 4.98 Å². The molecule has 2 aromatic rings. The lowest BCUT2D eigenvalue weighted by Crippen LogP contribution is -2.37. The van der Waals surface area contributed by atoms with Gasteiger partial charge in [0.1, 0.15) is 11.6 Å². The van der Waals surface area contributed by atoms with Crippen molar-refractivity contribution in [1.82, 2.24) is 15.0 Å². The van der Waals surface area contributed by atoms with E-state index < -0.39 is 0 Å². The standard InChI is InChI=1S/C19H28N7O2/c1-13(2)22-15-11-18(21-12-16(15)25(3)27)23-17-5-8-20-19(24-17)26-9-6-14(28-4)7-10-26/h5,8,11-14H,6-7,9-10H2,1-4H3,(H2,20,21,22,23,24)/q-1. The Balaban J connectivity index is 1.75. The molecule has 0 spiro atoms. The van der Waals surface area contributed by atoms with Gasteiger partial charge in [0.25, 0.3) is 0 Å². The molecule has 9 heteroatoms. The SMILES string of the molecule is COC1CCN(c2nccc(Nc3cc(NC(C)C)c(N(C)[O-])cn3)n2)CC1. The molecule has 3 rings (SSSR count). The summed E-state index contributed by atoms with van der Waals surface area (Å²) in [5.74, 6) is 1.96. The largest absolute Gasteiger partial charge is 0.758 e. The number of methoxy groups -OCH3 is 1. The monoisotopic (exact) mass is 386 g/mol. The maximum Gasteiger partial charge on any atom is 0.227 e. The molecule has 0 atom stereocenters. The molecule has 1 aliphatic heterocycles. The highest BCUT2D eigenvalue weighted by atomic mass is 16.5. The molecule has 1 fully saturated rings. The number of pyridine rings is 1. The molecule has 0 radical (unpaired) electrons. The van der Waals surface area contributed by atoms with Gasteiger partial charge in [0.2, 0.25) is 5.95 Å². The number of anilines is 5. The van der Waals surface area contributed by atoms with Crippen molar-refractivity contribution < 1.29 is 4.74 Å². The summed E-state index contributed by atoms with van der Waals surface area (Å²) in [4.78, 5) is 15.5. The molecule has 152 valence electrons. The topological polar surface area (TPSA) is 102 Å². The maximum atomic E-state index is 11.8. The van der Waals surface area contributed by atoms with Crippen molar-refractivity contribution in [2.24, 2.45) is 0 Å². The molecule has 0 saturated carbocycles. The van der Waals surface area contributed by atoms with Gasteiger partial charge in [-0.15, -0.1) is 0 Å². The summed E-state index contributed by atoms with van der Waals surface area (Å²) in [6.45, 7) is 5.78. The molecule has 0 unspecified atom stereocenters. The third kappa shape index (κ3) is 4.99. The van der Waals surface area contributed by atoms with Crippen LogP contribution in [0.1, 0.15) is 26.7 Å². The molecule has 28 heavy (non-hydrogen) atoms. The summed E-state index contributed by atoms with van der Waals surface area (Å²) < 4.78 is 5.42. The molecule has 1 saturated heterocycles. The zero-order chi connectivity index (χ0) is 20.1. The van der Waals surface area contributed by atoms with E-state index in [-0.39, 0.29) is 6.04 Å². The summed E-state index contributed by atoms with van der Waals surface area (Å²) in [5, 5.41) is 19.1. The number of hydrogen-bond donors (Lipinski definition) is 2. The Morgan fingerprint density at radius 1 is 1.25 bits per heavy atom. The Kier molecular flexibility index (Phi) is 6.48. The molecule has 3 heterocycles. The Hall–Kier alpha value is -2.65. The van der Waals surface area contributed by atoms with Crippen molar-refractivity contribution in [1.29, 1.82) is 0 Å². The van der Waals surface area contributed by atoms with E-state index in [1.807, 2.05) is 19.9 Å². The molecule has 2 N–H and O–H groups in total. The van der Waals surface area contributed by atoms with Crippen molar-refractivity contribution in [3.63, 3.8) is 0 Å². The predicted molar refractivity (Wildman–Crippen MR) is 112 cm³/mol. The summed E-state index contributed by atoms with van der Waals surface area (Å²) in [6.07, 6.45) is 5.53. The van der Waals surface area contributed by atoms with Gasteiger partial charge in [0.15, 0.2) is 0 Å². The quantitative estimate of drug-likeness (QED) is 0.695. The number of hydroxylamine groups is 1. The first-order chi connectivity index (χ1) is 13.5. The van der Waals surface area contributed by atoms with E-state index in [0.29, 0.717) is 29.4 Å². The lowest BCUT2D eigenvalue weighted by Gasteiger charge is -2.31. The van der Waals surface area contributed by atoms with Gasteiger partial charge in [0.05, 0.1) is 23.7 Å². The van der Waals surface area contributed by atoms with Crippen LogP contribution in [0.15, 0.2) is 24.5 Å². The smallest absolute Gasteiger partial charge is 0.227 e. The average molecular weight is 386 g/mol. The first-order valence-corrected chi connectivity index (χ1v) is 9.51. The van der Waals surface area contributed by atoms with Crippen molar-refractivity contribution in [3.8, 4) is 0 Å². The Bertz CT molecular complexity index is 777. The van der Waals surface area contributed by atoms with Crippen LogP contribution in [0, 0.1) is 5.21 Å². The number of hydrogen-bond acceptors (Lipinski definition) is 9. The Labute approximate surface area is 165 Å². The van der Waals surface area contributed by atoms with Crippen LogP contribution in [0.2, 0.25) is 0 Å². The second-order valence-electron chi connectivity index (χ2n) is 7.17. The molecule has 0 amide bonds. The normalized spacial score (nSPS) is 15.0. The number of piperidine rings is 1. The van der Waals surface area contributed by atoms with E-state index in [9.17, 15) is 5.21 Å². The van der Waals surface area contributed by atoms with Crippen LogP contribution in [0.4, 0.5) is 29.0 Å². The van der Waals surface area contributed by atoms with Gasteiger partial charge in [-0.05, 0) is 39.8 Å². The van der Waals surface area contributed by atoms with Gasteiger partial charge >= 0.3 is 0 Å². The fraction of sp³-hybridized carbons (Fsp3) is 0.526. The van der Waals surface area contributed by atoms with E-state index >= 15 is 0 Å². The van der Waals surface area contributed by atoms with Crippen LogP contribution in [0.25, 0.3) is 0 Å². The fourth-order valence-corrected chi connectivity index (χ4v) is 3.19. The highest BCUT2D eigenvalue weighted by molar-refractivity contribution is 5.73. The van der Waals surface area contributed by atoms with Crippen LogP contribution in [-0.4, -0.2) is 54.3 Å². The minimum Gasteiger partial charge on any atom is -0.758 e. The van der Waals surface area contributed by atoms with E-state index in [1.54, 1.807) is 25.6 Å². The Morgan fingerprint density at radius 2 is 2.00 bits per heavy atom. The maximum absolute atomic E-state index is 11.8. The molecule has 9 nitrogen and oxygen atoms in total. The minimum absolute atomic E-state index is 0.189. The molecule has 0 bridgehead atoms. The van der Waals surface area contributed by atoms with Gasteiger partial charge < -0.3 is 30.5 Å². The summed E-state index contributed by atoms with van der Waals surface area (Å²) >= 11 is 0. The summed E-state index contributed by atoms with van der Waals surface area (Å²) in [5.41, 5.74) is 1.21. The number of rotatable bonds is 7. The molecule has 1 aliphatic rings. The van der Waals surface area contributed by atoms with Crippen molar-refractivity contribution >= 4 is 29.0 Å². The highest BCUT2D eigenvalue weighted by Gasteiger charge is 2.20. The van der Waals surface area contributed by atoms with Crippen molar-refractivity contribution in [3.05, 3.63) is 29.7 Å². The van der Waals surface area contributed by atoms with E-state index in [4.69, 9.17) is 4.74 Å². The molecule has 0 aromatic carbocycles. The minimum atomic E-state index is 0.189. The zero-order valence-corrected chi connectivity index (χ0v) is 16.8. The van der Waals surface area contributed by atoms with E-state index in [2.05, 4.69) is 30.5 Å². The van der Waals surface area contributed by atoms with Crippen LogP contribution in [0.5, 0.6) is 0 Å². The lowest BCUT2D eigenvalue weighted by molar-refractivity contribution is 0.0816. The van der Waals surface area contributed by atoms with Crippen LogP contribution in [0.3, 0.4) is 0 Å². The summed E-state index contributed by atoms with van der Waals surface area (Å²) in [6, 6.07) is 3.81. The van der Waals surface area contributed by atoms with Crippen molar-refractivity contribution in [2.45, 2.75) is 38.8 Å². The first kappa shape index (κ1) is 20.1. The van der Waals surface area contributed by atoms with Crippen LogP contribution < -0.4 is 20.6 Å². The van der Waals surface area contributed by atoms with Gasteiger partial charge in [-0.1, -0.05) is 0 Å². The third-order valence-electron chi connectivity index (χ3n) is 4.62. The lowest BCUT2D eigenvalue weighted by atomic mass is 10.1. The van der Waals surface area contributed by atoms with Crippen molar-refractivity contribution in [2.75, 3.05) is 47.8 Å². The second kappa shape index (κ2) is 9.03. The summed E-state index contributed by atoms with van der Waals surface area (Å²) in [7, 11) is 3.21. The van der Waals surface area contributed by atoms with Gasteiger partial charge in [0, 0.05) is 38.5 Å². The van der Waals surface area contributed by atoms with Gasteiger partial charge in [-0.25, -0.2) is 9.97 Å². The second-order valence-corrected chi connectivity index (χ2v) is 7.17.